The molecule has 0 radical (unpaired) electrons. The molecule has 0 aliphatic carbocycles. The second kappa shape index (κ2) is 8.07. The average molecular weight is 237 g/mol. The molecule has 4 nitrogen and oxygen atoms in total. The molecule has 0 aliphatic heterocycles. The van der Waals surface area contributed by atoms with Crippen LogP contribution in [0.25, 0.3) is 0 Å². The van der Waals surface area contributed by atoms with Gasteiger partial charge in [-0.2, -0.15) is 0 Å². The summed E-state index contributed by atoms with van der Waals surface area (Å²) in [7, 11) is -1.12. The molecule has 0 aliphatic rings. The van der Waals surface area contributed by atoms with E-state index in [0.717, 1.165) is 25.9 Å². The van der Waals surface area contributed by atoms with Gasteiger partial charge in [-0.3, -0.25) is 0 Å². The molecule has 5 heteroatoms. The molecule has 0 saturated heterocycles. The maximum absolute atomic E-state index is 11.1. The number of ether oxygens (including phenoxy) is 1. The number of hydrogen-bond donors (Lipinski definition) is 1. The zero-order chi connectivity index (χ0) is 11.7. The zero-order valence-electron chi connectivity index (χ0n) is 9.95. The van der Waals surface area contributed by atoms with Gasteiger partial charge in [0.25, 0.3) is 0 Å². The molecule has 0 aromatic heterocycles. The third kappa shape index (κ3) is 10.2. The molecule has 0 spiro atoms. The Balaban J connectivity index is 3.62. The molecule has 15 heavy (non-hydrogen) atoms. The molecule has 1 N–H and O–H groups in total. The van der Waals surface area contributed by atoms with E-state index in [0.29, 0.717) is 6.61 Å². The lowest BCUT2D eigenvalue weighted by Crippen LogP contribution is -2.33. The van der Waals surface area contributed by atoms with E-state index in [9.17, 15) is 8.42 Å². The number of nitrogens with one attached hydrogen (secondary N) is 1. The summed E-state index contributed by atoms with van der Waals surface area (Å²) in [6.45, 7) is 3.51. The highest BCUT2D eigenvalue weighted by atomic mass is 32.2. The van der Waals surface area contributed by atoms with Crippen molar-refractivity contribution in [1.29, 1.82) is 0 Å². The monoisotopic (exact) mass is 237 g/mol. The fraction of sp³-hybridized carbons (Fsp3) is 1.00. The molecule has 0 fully saturated rings. The molecule has 0 heterocycles. The van der Waals surface area contributed by atoms with Gasteiger partial charge in [0.1, 0.15) is 9.84 Å². The standard InChI is InChI=1S/C10H23NO3S/c1-4-5-7-14-8-6-10(11-2)9-15(3,12)13/h10-11H,4-9H2,1-3H3. The van der Waals surface area contributed by atoms with E-state index < -0.39 is 9.84 Å². The van der Waals surface area contributed by atoms with Gasteiger partial charge >= 0.3 is 0 Å². The van der Waals surface area contributed by atoms with E-state index in [4.69, 9.17) is 4.74 Å². The van der Waals surface area contributed by atoms with Crippen LogP contribution in [-0.2, 0) is 14.6 Å². The molecule has 0 bridgehead atoms. The Morgan fingerprint density at radius 3 is 2.47 bits per heavy atom. The summed E-state index contributed by atoms with van der Waals surface area (Å²) in [5, 5.41) is 2.99. The Labute approximate surface area is 93.3 Å². The molecule has 0 aromatic rings. The van der Waals surface area contributed by atoms with Gasteiger partial charge in [0.2, 0.25) is 0 Å². The van der Waals surface area contributed by atoms with Crippen LogP contribution in [0.2, 0.25) is 0 Å². The van der Waals surface area contributed by atoms with Crippen molar-refractivity contribution in [2.24, 2.45) is 0 Å². The molecule has 92 valence electrons. The van der Waals surface area contributed by atoms with Crippen molar-refractivity contribution in [3.05, 3.63) is 0 Å². The second-order valence-electron chi connectivity index (χ2n) is 3.83. The SMILES string of the molecule is CCCCOCCC(CS(C)(=O)=O)NC. The first kappa shape index (κ1) is 14.9. The van der Waals surface area contributed by atoms with Crippen molar-refractivity contribution in [3.8, 4) is 0 Å². The van der Waals surface area contributed by atoms with Gasteiger partial charge in [0.15, 0.2) is 0 Å². The fourth-order valence-electron chi connectivity index (χ4n) is 1.25. The number of unbranched alkanes of at least 4 members (excludes halogenated alkanes) is 1. The van der Waals surface area contributed by atoms with E-state index in [2.05, 4.69) is 12.2 Å². The Morgan fingerprint density at radius 2 is 2.00 bits per heavy atom. The van der Waals surface area contributed by atoms with Crippen molar-refractivity contribution in [2.45, 2.75) is 32.2 Å². The van der Waals surface area contributed by atoms with Gasteiger partial charge in [-0.1, -0.05) is 13.3 Å². The minimum Gasteiger partial charge on any atom is -0.381 e. The van der Waals surface area contributed by atoms with Crippen LogP contribution in [0, 0.1) is 0 Å². The summed E-state index contributed by atoms with van der Waals surface area (Å²) in [5.41, 5.74) is 0. The van der Waals surface area contributed by atoms with E-state index in [1.54, 1.807) is 7.05 Å². The molecular formula is C10H23NO3S. The Morgan fingerprint density at radius 1 is 1.33 bits per heavy atom. The van der Waals surface area contributed by atoms with E-state index in [-0.39, 0.29) is 11.8 Å². The Kier molecular flexibility index (Phi) is 8.00. The lowest BCUT2D eigenvalue weighted by atomic mass is 10.2. The first-order valence-corrected chi connectivity index (χ1v) is 7.48. The third-order valence-electron chi connectivity index (χ3n) is 2.17. The maximum atomic E-state index is 11.1. The van der Waals surface area contributed by atoms with Gasteiger partial charge in [0.05, 0.1) is 5.75 Å². The van der Waals surface area contributed by atoms with Crippen LogP contribution in [-0.4, -0.2) is 46.7 Å². The first-order chi connectivity index (χ1) is 6.99. The van der Waals surface area contributed by atoms with Crippen molar-refractivity contribution in [3.63, 3.8) is 0 Å². The van der Waals surface area contributed by atoms with Crippen LogP contribution in [0.1, 0.15) is 26.2 Å². The quantitative estimate of drug-likeness (QED) is 0.603. The van der Waals surface area contributed by atoms with E-state index in [1.165, 1.54) is 6.26 Å². The lowest BCUT2D eigenvalue weighted by Gasteiger charge is -2.14. The highest BCUT2D eigenvalue weighted by Crippen LogP contribution is 1.98. The van der Waals surface area contributed by atoms with Crippen LogP contribution in [0.4, 0.5) is 0 Å². The van der Waals surface area contributed by atoms with Gasteiger partial charge in [-0.25, -0.2) is 8.42 Å². The predicted molar refractivity (Wildman–Crippen MR) is 62.9 cm³/mol. The van der Waals surface area contributed by atoms with Gasteiger partial charge in [-0.15, -0.1) is 0 Å². The smallest absolute Gasteiger partial charge is 0.148 e. The van der Waals surface area contributed by atoms with E-state index >= 15 is 0 Å². The molecule has 0 rings (SSSR count). The third-order valence-corrected chi connectivity index (χ3v) is 3.17. The summed E-state index contributed by atoms with van der Waals surface area (Å²) in [6, 6.07) is 0.00151. The molecule has 1 unspecified atom stereocenters. The van der Waals surface area contributed by atoms with Crippen molar-refractivity contribution >= 4 is 9.84 Å². The second-order valence-corrected chi connectivity index (χ2v) is 6.02. The summed E-state index contributed by atoms with van der Waals surface area (Å²) in [5.74, 6) is 0.181. The van der Waals surface area contributed by atoms with Gasteiger partial charge in [-0.05, 0) is 19.9 Å². The van der Waals surface area contributed by atoms with Crippen LogP contribution >= 0.6 is 0 Å². The highest BCUT2D eigenvalue weighted by molar-refractivity contribution is 7.90. The van der Waals surface area contributed by atoms with Crippen LogP contribution in [0.3, 0.4) is 0 Å². The van der Waals surface area contributed by atoms with Crippen molar-refractivity contribution < 1.29 is 13.2 Å². The first-order valence-electron chi connectivity index (χ1n) is 5.42. The lowest BCUT2D eigenvalue weighted by molar-refractivity contribution is 0.123. The number of sulfone groups is 1. The van der Waals surface area contributed by atoms with Gasteiger partial charge in [0, 0.05) is 25.5 Å². The molecular weight excluding hydrogens is 214 g/mol. The summed E-state index contributed by atoms with van der Waals surface area (Å²) >= 11 is 0. The summed E-state index contributed by atoms with van der Waals surface area (Å²) in [4.78, 5) is 0. The maximum Gasteiger partial charge on any atom is 0.148 e. The van der Waals surface area contributed by atoms with Crippen molar-refractivity contribution in [1.82, 2.24) is 5.32 Å². The van der Waals surface area contributed by atoms with Crippen LogP contribution in [0.5, 0.6) is 0 Å². The largest absolute Gasteiger partial charge is 0.381 e. The average Bonchev–Trinajstić information content (AvgIpc) is 2.14. The minimum atomic E-state index is -2.90. The van der Waals surface area contributed by atoms with Crippen molar-refractivity contribution in [2.75, 3.05) is 32.3 Å². The Bertz CT molecular complexity index is 239. The predicted octanol–water partition coefficient (Wildman–Crippen LogP) is 0.826. The molecule has 0 saturated carbocycles. The van der Waals surface area contributed by atoms with Gasteiger partial charge < -0.3 is 10.1 Å². The van der Waals surface area contributed by atoms with Crippen LogP contribution in [0.15, 0.2) is 0 Å². The normalized spacial score (nSPS) is 14.1. The van der Waals surface area contributed by atoms with E-state index in [1.807, 2.05) is 0 Å². The Hall–Kier alpha value is -0.130. The molecule has 0 aromatic carbocycles. The highest BCUT2D eigenvalue weighted by Gasteiger charge is 2.12. The number of rotatable bonds is 9. The summed E-state index contributed by atoms with van der Waals surface area (Å²) in [6.07, 6.45) is 4.19. The minimum absolute atomic E-state index is 0.00151. The zero-order valence-corrected chi connectivity index (χ0v) is 10.8. The number of hydrogen-bond acceptors (Lipinski definition) is 4. The molecule has 0 amide bonds. The summed E-state index contributed by atoms with van der Waals surface area (Å²) < 4.78 is 27.5. The van der Waals surface area contributed by atoms with Crippen LogP contribution < -0.4 is 5.32 Å². The topological polar surface area (TPSA) is 55.4 Å². The fourth-order valence-corrected chi connectivity index (χ4v) is 2.31. The molecule has 1 atom stereocenters.